The van der Waals surface area contributed by atoms with E-state index in [1.165, 1.54) is 12.1 Å². The van der Waals surface area contributed by atoms with Crippen molar-refractivity contribution < 1.29 is 9.31 Å². The third-order valence-corrected chi connectivity index (χ3v) is 3.55. The number of rotatable bonds is 4. The zero-order valence-corrected chi connectivity index (χ0v) is 12.7. The number of benzene rings is 1. The van der Waals surface area contributed by atoms with E-state index in [0.29, 0.717) is 6.54 Å². The second kappa shape index (κ2) is 5.72. The highest BCUT2D eigenvalue weighted by molar-refractivity contribution is 9.10. The predicted octanol–water partition coefficient (Wildman–Crippen LogP) is 3.76. The fourth-order valence-corrected chi connectivity index (χ4v) is 2.45. The van der Waals surface area contributed by atoms with E-state index in [0.717, 1.165) is 21.9 Å². The molecule has 8 heteroatoms. The Bertz CT molecular complexity index is 865. The lowest BCUT2D eigenvalue weighted by atomic mass is 10.2. The Morgan fingerprint density at radius 2 is 2.14 bits per heavy atom. The minimum atomic E-state index is -0.644. The van der Waals surface area contributed by atoms with Crippen molar-refractivity contribution in [2.24, 2.45) is 0 Å². The van der Waals surface area contributed by atoms with Crippen molar-refractivity contribution in [1.29, 1.82) is 0 Å². The molecule has 0 unspecified atom stereocenters. The van der Waals surface area contributed by atoms with Crippen molar-refractivity contribution >= 4 is 33.0 Å². The summed E-state index contributed by atoms with van der Waals surface area (Å²) in [7, 11) is 0. The van der Waals surface area contributed by atoms with Gasteiger partial charge in [-0.2, -0.15) is 0 Å². The molecule has 3 rings (SSSR count). The Balaban J connectivity index is 1.83. The Kier molecular flexibility index (Phi) is 3.76. The van der Waals surface area contributed by atoms with Crippen molar-refractivity contribution in [1.82, 2.24) is 9.38 Å². The van der Waals surface area contributed by atoms with E-state index >= 15 is 0 Å². The van der Waals surface area contributed by atoms with Crippen LogP contribution in [0.3, 0.4) is 0 Å². The lowest BCUT2D eigenvalue weighted by molar-refractivity contribution is -0.384. The first kappa shape index (κ1) is 14.5. The van der Waals surface area contributed by atoms with Crippen LogP contribution in [-0.2, 0) is 6.54 Å². The molecule has 0 aliphatic carbocycles. The molecule has 0 radical (unpaired) electrons. The van der Waals surface area contributed by atoms with Crippen LogP contribution in [0.2, 0.25) is 0 Å². The number of nitro benzene ring substituents is 1. The highest BCUT2D eigenvalue weighted by Crippen LogP contribution is 2.25. The number of imidazole rings is 1. The molecule has 0 bridgehead atoms. The normalized spacial score (nSPS) is 10.8. The summed E-state index contributed by atoms with van der Waals surface area (Å²) in [5.74, 6) is -0.644. The lowest BCUT2D eigenvalue weighted by Gasteiger charge is -2.05. The molecule has 0 aliphatic rings. The third-order valence-electron chi connectivity index (χ3n) is 3.08. The maximum Gasteiger partial charge on any atom is 0.295 e. The van der Waals surface area contributed by atoms with Crippen LogP contribution in [0.5, 0.6) is 0 Å². The van der Waals surface area contributed by atoms with Gasteiger partial charge in [0.15, 0.2) is 0 Å². The van der Waals surface area contributed by atoms with Gasteiger partial charge in [0.2, 0.25) is 0 Å². The number of hydrogen-bond acceptors (Lipinski definition) is 4. The number of aromatic nitrogens is 2. The van der Waals surface area contributed by atoms with Crippen LogP contribution >= 0.6 is 15.9 Å². The van der Waals surface area contributed by atoms with E-state index < -0.39 is 10.7 Å². The predicted molar refractivity (Wildman–Crippen MR) is 83.3 cm³/mol. The van der Waals surface area contributed by atoms with Crippen molar-refractivity contribution in [2.75, 3.05) is 5.32 Å². The van der Waals surface area contributed by atoms with Gasteiger partial charge in [0.05, 0.1) is 23.2 Å². The summed E-state index contributed by atoms with van der Waals surface area (Å²) in [4.78, 5) is 14.7. The highest BCUT2D eigenvalue weighted by atomic mass is 79.9. The first-order chi connectivity index (χ1) is 10.5. The van der Waals surface area contributed by atoms with E-state index in [1.54, 1.807) is 0 Å². The summed E-state index contributed by atoms with van der Waals surface area (Å²) in [6.07, 6.45) is 3.69. The molecule has 22 heavy (non-hydrogen) atoms. The average Bonchev–Trinajstić information content (AvgIpc) is 2.87. The molecular weight excluding hydrogens is 355 g/mol. The molecule has 2 heterocycles. The fraction of sp³-hybridized carbons (Fsp3) is 0.0714. The number of nitro groups is 1. The summed E-state index contributed by atoms with van der Waals surface area (Å²) in [5, 5.41) is 13.9. The van der Waals surface area contributed by atoms with E-state index in [1.807, 2.05) is 28.9 Å². The van der Waals surface area contributed by atoms with Gasteiger partial charge in [-0.05, 0) is 40.2 Å². The van der Waals surface area contributed by atoms with Crippen molar-refractivity contribution in [3.63, 3.8) is 0 Å². The molecule has 0 saturated carbocycles. The molecule has 0 fully saturated rings. The monoisotopic (exact) mass is 364 g/mol. The summed E-state index contributed by atoms with van der Waals surface area (Å²) in [6, 6.07) is 7.15. The second-order valence-corrected chi connectivity index (χ2v) is 5.53. The van der Waals surface area contributed by atoms with Gasteiger partial charge in [-0.3, -0.25) is 10.1 Å². The number of nitrogens with zero attached hydrogens (tertiary/aromatic N) is 3. The number of anilines is 1. The maximum absolute atomic E-state index is 13.1. The first-order valence-corrected chi connectivity index (χ1v) is 7.13. The number of fused-ring (bicyclic) bond motifs is 1. The quantitative estimate of drug-likeness (QED) is 0.565. The lowest BCUT2D eigenvalue weighted by Crippen LogP contribution is -2.03. The van der Waals surface area contributed by atoms with E-state index in [4.69, 9.17) is 0 Å². The maximum atomic E-state index is 13.1. The standard InChI is InChI=1S/C14H10BrFN4O2/c15-9-1-4-14-18-11(8-19(14)7-9)6-17-12-3-2-10(16)5-13(12)20(21)22/h1-5,7-8,17H,6H2. The third kappa shape index (κ3) is 2.91. The minimum absolute atomic E-state index is 0.254. The summed E-state index contributed by atoms with van der Waals surface area (Å²) < 4.78 is 15.9. The van der Waals surface area contributed by atoms with Crippen molar-refractivity contribution in [3.05, 3.63) is 68.8 Å². The number of nitrogens with one attached hydrogen (secondary N) is 1. The molecule has 2 aromatic heterocycles. The fourth-order valence-electron chi connectivity index (χ4n) is 2.09. The number of hydrogen-bond donors (Lipinski definition) is 1. The second-order valence-electron chi connectivity index (χ2n) is 4.62. The molecule has 1 N–H and O–H groups in total. The van der Waals surface area contributed by atoms with Gasteiger partial charge in [-0.1, -0.05) is 0 Å². The average molecular weight is 365 g/mol. The molecule has 112 valence electrons. The number of pyridine rings is 1. The molecule has 6 nitrogen and oxygen atoms in total. The molecule has 0 spiro atoms. The van der Waals surface area contributed by atoms with Gasteiger partial charge >= 0.3 is 0 Å². The largest absolute Gasteiger partial charge is 0.374 e. The molecule has 0 saturated heterocycles. The first-order valence-electron chi connectivity index (χ1n) is 6.34. The zero-order valence-electron chi connectivity index (χ0n) is 11.2. The molecule has 3 aromatic rings. The van der Waals surface area contributed by atoms with Gasteiger partial charge in [0, 0.05) is 16.9 Å². The SMILES string of the molecule is O=[N+]([O-])c1cc(F)ccc1NCc1cn2cc(Br)ccc2n1. The van der Waals surface area contributed by atoms with Crippen LogP contribution in [0.1, 0.15) is 5.69 Å². The molecule has 0 atom stereocenters. The van der Waals surface area contributed by atoms with Crippen molar-refractivity contribution in [3.8, 4) is 0 Å². The van der Waals surface area contributed by atoms with E-state index in [2.05, 4.69) is 26.2 Å². The topological polar surface area (TPSA) is 72.5 Å². The van der Waals surface area contributed by atoms with Crippen LogP contribution in [0.25, 0.3) is 5.65 Å². The smallest absolute Gasteiger partial charge is 0.295 e. The summed E-state index contributed by atoms with van der Waals surface area (Å²) in [5.41, 5.74) is 1.45. The van der Waals surface area contributed by atoms with Gasteiger partial charge in [-0.25, -0.2) is 9.37 Å². The minimum Gasteiger partial charge on any atom is -0.374 e. The Labute approximate surface area is 132 Å². The Morgan fingerprint density at radius 1 is 1.32 bits per heavy atom. The van der Waals surface area contributed by atoms with Gasteiger partial charge < -0.3 is 9.72 Å². The van der Waals surface area contributed by atoms with Crippen molar-refractivity contribution in [2.45, 2.75) is 6.54 Å². The zero-order chi connectivity index (χ0) is 15.7. The molecule has 0 amide bonds. The van der Waals surface area contributed by atoms with Crippen LogP contribution in [0, 0.1) is 15.9 Å². The Hall–Kier alpha value is -2.48. The van der Waals surface area contributed by atoms with Crippen LogP contribution in [0.15, 0.2) is 47.2 Å². The van der Waals surface area contributed by atoms with Crippen LogP contribution < -0.4 is 5.32 Å². The number of halogens is 2. The van der Waals surface area contributed by atoms with Gasteiger partial charge in [0.25, 0.3) is 5.69 Å². The van der Waals surface area contributed by atoms with Crippen LogP contribution in [-0.4, -0.2) is 14.3 Å². The van der Waals surface area contributed by atoms with Crippen LogP contribution in [0.4, 0.5) is 15.8 Å². The van der Waals surface area contributed by atoms with Gasteiger partial charge in [-0.15, -0.1) is 0 Å². The highest BCUT2D eigenvalue weighted by Gasteiger charge is 2.15. The van der Waals surface area contributed by atoms with Gasteiger partial charge in [0.1, 0.15) is 17.2 Å². The molecular formula is C14H10BrFN4O2. The van der Waals surface area contributed by atoms with E-state index in [9.17, 15) is 14.5 Å². The summed E-state index contributed by atoms with van der Waals surface area (Å²) >= 11 is 3.37. The molecule has 1 aromatic carbocycles. The molecule has 0 aliphatic heterocycles. The van der Waals surface area contributed by atoms with E-state index in [-0.39, 0.29) is 11.4 Å². The summed E-state index contributed by atoms with van der Waals surface area (Å²) in [6.45, 7) is 0.297. The Morgan fingerprint density at radius 3 is 2.91 bits per heavy atom.